The molecule has 0 spiro atoms. The second-order valence-corrected chi connectivity index (χ2v) is 3.62. The smallest absolute Gasteiger partial charge is 0.305 e. The van der Waals surface area contributed by atoms with Crippen molar-refractivity contribution in [1.29, 1.82) is 0 Å². The first-order chi connectivity index (χ1) is 7.65. The Balaban J connectivity index is 2.38. The van der Waals surface area contributed by atoms with Gasteiger partial charge in [0.2, 0.25) is 0 Å². The normalized spacial score (nSPS) is 9.94. The fourth-order valence-electron chi connectivity index (χ4n) is 1.20. The van der Waals surface area contributed by atoms with Crippen LogP contribution >= 0.6 is 11.6 Å². The number of hydrogen-bond donors (Lipinski definition) is 1. The van der Waals surface area contributed by atoms with Crippen molar-refractivity contribution in [2.75, 3.05) is 19.0 Å². The topological polar surface area (TPSA) is 38.3 Å². The van der Waals surface area contributed by atoms with E-state index in [9.17, 15) is 9.18 Å². The van der Waals surface area contributed by atoms with Crippen LogP contribution in [-0.2, 0) is 9.53 Å². The van der Waals surface area contributed by atoms with Crippen molar-refractivity contribution in [3.05, 3.63) is 29.0 Å². The van der Waals surface area contributed by atoms with E-state index >= 15 is 0 Å². The Morgan fingerprint density at radius 1 is 1.56 bits per heavy atom. The van der Waals surface area contributed by atoms with Gasteiger partial charge in [0, 0.05) is 13.0 Å². The lowest BCUT2D eigenvalue weighted by Gasteiger charge is -2.07. The van der Waals surface area contributed by atoms with Crippen LogP contribution in [0.4, 0.5) is 10.1 Å². The van der Waals surface area contributed by atoms with E-state index in [1.165, 1.54) is 13.2 Å². The zero-order chi connectivity index (χ0) is 12.0. The molecule has 1 N–H and O–H groups in total. The van der Waals surface area contributed by atoms with Crippen LogP contribution in [0.1, 0.15) is 12.8 Å². The first-order valence-corrected chi connectivity index (χ1v) is 5.27. The van der Waals surface area contributed by atoms with E-state index in [1.54, 1.807) is 12.1 Å². The lowest BCUT2D eigenvalue weighted by Crippen LogP contribution is -2.07. The summed E-state index contributed by atoms with van der Waals surface area (Å²) in [5.41, 5.74) is 0.345. The van der Waals surface area contributed by atoms with Gasteiger partial charge < -0.3 is 10.1 Å². The molecule has 1 aromatic carbocycles. The van der Waals surface area contributed by atoms with E-state index in [0.29, 0.717) is 25.1 Å². The first-order valence-electron chi connectivity index (χ1n) is 4.90. The largest absolute Gasteiger partial charge is 0.469 e. The molecule has 16 heavy (non-hydrogen) atoms. The summed E-state index contributed by atoms with van der Waals surface area (Å²) in [6.45, 7) is 0.492. The molecular formula is C11H13ClFNO2. The summed E-state index contributed by atoms with van der Waals surface area (Å²) in [5.74, 6) is -0.740. The van der Waals surface area contributed by atoms with Gasteiger partial charge in [0.25, 0.3) is 0 Å². The summed E-state index contributed by atoms with van der Waals surface area (Å²) in [6.07, 6.45) is 0.893. The van der Waals surface area contributed by atoms with Gasteiger partial charge in [-0.3, -0.25) is 4.79 Å². The monoisotopic (exact) mass is 245 g/mol. The van der Waals surface area contributed by atoms with E-state index in [2.05, 4.69) is 10.1 Å². The van der Waals surface area contributed by atoms with Crippen LogP contribution in [-0.4, -0.2) is 19.6 Å². The molecule has 0 atom stereocenters. The Kier molecular flexibility index (Phi) is 5.05. The van der Waals surface area contributed by atoms with Gasteiger partial charge in [-0.05, 0) is 18.6 Å². The lowest BCUT2D eigenvalue weighted by atomic mass is 10.2. The molecule has 1 rings (SSSR count). The van der Waals surface area contributed by atoms with Crippen molar-refractivity contribution in [1.82, 2.24) is 0 Å². The van der Waals surface area contributed by atoms with Gasteiger partial charge in [-0.15, -0.1) is 0 Å². The van der Waals surface area contributed by atoms with E-state index in [-0.39, 0.29) is 11.0 Å². The zero-order valence-corrected chi connectivity index (χ0v) is 9.68. The van der Waals surface area contributed by atoms with Crippen molar-refractivity contribution in [3.63, 3.8) is 0 Å². The highest BCUT2D eigenvalue weighted by atomic mass is 35.5. The minimum atomic E-state index is -0.470. The second-order valence-electron chi connectivity index (χ2n) is 3.21. The summed E-state index contributed by atoms with van der Waals surface area (Å²) in [4.78, 5) is 10.8. The van der Waals surface area contributed by atoms with Crippen molar-refractivity contribution < 1.29 is 13.9 Å². The first kappa shape index (κ1) is 12.8. The number of anilines is 1. The number of esters is 1. The number of hydrogen-bond acceptors (Lipinski definition) is 3. The maximum absolute atomic E-state index is 13.4. The molecule has 0 aromatic heterocycles. The van der Waals surface area contributed by atoms with Gasteiger partial charge in [-0.1, -0.05) is 17.7 Å². The quantitative estimate of drug-likeness (QED) is 0.640. The van der Waals surface area contributed by atoms with Gasteiger partial charge in [-0.25, -0.2) is 4.39 Å². The Morgan fingerprint density at radius 2 is 2.31 bits per heavy atom. The fraction of sp³-hybridized carbons (Fsp3) is 0.364. The highest BCUT2D eigenvalue weighted by Gasteiger charge is 2.05. The summed E-state index contributed by atoms with van der Waals surface area (Å²) in [6, 6.07) is 4.74. The van der Waals surface area contributed by atoms with Crippen LogP contribution in [0.25, 0.3) is 0 Å². The molecule has 0 radical (unpaired) electrons. The molecule has 0 aliphatic carbocycles. The van der Waals surface area contributed by atoms with Crippen molar-refractivity contribution in [2.24, 2.45) is 0 Å². The molecule has 0 bridgehead atoms. The Labute approximate surface area is 98.5 Å². The molecular weight excluding hydrogens is 233 g/mol. The van der Waals surface area contributed by atoms with Crippen LogP contribution in [0.5, 0.6) is 0 Å². The number of methoxy groups -OCH3 is 1. The molecule has 0 saturated heterocycles. The SMILES string of the molecule is COC(=O)CCCNc1cccc(Cl)c1F. The molecule has 0 aliphatic heterocycles. The number of rotatable bonds is 5. The van der Waals surface area contributed by atoms with E-state index in [4.69, 9.17) is 11.6 Å². The summed E-state index contributed by atoms with van der Waals surface area (Å²) in [5, 5.41) is 2.95. The average Bonchev–Trinajstić information content (AvgIpc) is 2.29. The van der Waals surface area contributed by atoms with Gasteiger partial charge in [0.15, 0.2) is 5.82 Å². The third-order valence-corrected chi connectivity index (χ3v) is 2.34. The van der Waals surface area contributed by atoms with Gasteiger partial charge >= 0.3 is 5.97 Å². The molecule has 0 saturated carbocycles. The van der Waals surface area contributed by atoms with Crippen molar-refractivity contribution >= 4 is 23.3 Å². The molecule has 0 unspecified atom stereocenters. The van der Waals surface area contributed by atoms with Gasteiger partial charge in [0.05, 0.1) is 17.8 Å². The molecule has 0 amide bonds. The van der Waals surface area contributed by atoms with Gasteiger partial charge in [0.1, 0.15) is 0 Å². The summed E-state index contributed by atoms with van der Waals surface area (Å²) < 4.78 is 17.9. The number of carbonyl (C=O) groups excluding carboxylic acids is 1. The number of benzene rings is 1. The third-order valence-electron chi connectivity index (χ3n) is 2.05. The number of ether oxygens (including phenoxy) is 1. The molecule has 0 aliphatic rings. The van der Waals surface area contributed by atoms with E-state index < -0.39 is 5.82 Å². The lowest BCUT2D eigenvalue weighted by molar-refractivity contribution is -0.140. The minimum Gasteiger partial charge on any atom is -0.469 e. The maximum Gasteiger partial charge on any atom is 0.305 e. The van der Waals surface area contributed by atoms with Crippen LogP contribution < -0.4 is 5.32 Å². The molecule has 0 heterocycles. The highest BCUT2D eigenvalue weighted by molar-refractivity contribution is 6.31. The van der Waals surface area contributed by atoms with E-state index in [0.717, 1.165) is 0 Å². The predicted octanol–water partition coefficient (Wildman–Crippen LogP) is 2.84. The molecule has 88 valence electrons. The highest BCUT2D eigenvalue weighted by Crippen LogP contribution is 2.21. The number of halogens is 2. The van der Waals surface area contributed by atoms with Crippen molar-refractivity contribution in [2.45, 2.75) is 12.8 Å². The Morgan fingerprint density at radius 3 is 3.00 bits per heavy atom. The molecule has 3 nitrogen and oxygen atoms in total. The van der Waals surface area contributed by atoms with Crippen molar-refractivity contribution in [3.8, 4) is 0 Å². The fourth-order valence-corrected chi connectivity index (χ4v) is 1.37. The second kappa shape index (κ2) is 6.33. The average molecular weight is 246 g/mol. The van der Waals surface area contributed by atoms with E-state index in [1.807, 2.05) is 0 Å². The van der Waals surface area contributed by atoms with Crippen LogP contribution in [0.15, 0.2) is 18.2 Å². The third kappa shape index (κ3) is 3.70. The minimum absolute atomic E-state index is 0.0815. The van der Waals surface area contributed by atoms with Crippen LogP contribution in [0, 0.1) is 5.82 Å². The number of nitrogens with one attached hydrogen (secondary N) is 1. The zero-order valence-electron chi connectivity index (χ0n) is 8.93. The molecule has 1 aromatic rings. The maximum atomic E-state index is 13.4. The predicted molar refractivity (Wildman–Crippen MR) is 61.1 cm³/mol. The van der Waals surface area contributed by atoms with Gasteiger partial charge in [-0.2, -0.15) is 0 Å². The standard InChI is InChI=1S/C11H13ClFNO2/c1-16-10(15)6-3-7-14-9-5-2-4-8(12)11(9)13/h2,4-5,14H,3,6-7H2,1H3. The Bertz CT molecular complexity index is 371. The summed E-state index contributed by atoms with van der Waals surface area (Å²) in [7, 11) is 1.34. The molecule has 5 heteroatoms. The molecule has 0 fully saturated rings. The summed E-state index contributed by atoms with van der Waals surface area (Å²) >= 11 is 5.61. The Hall–Kier alpha value is -1.29. The number of carbonyl (C=O) groups is 1. The van der Waals surface area contributed by atoms with Crippen LogP contribution in [0.3, 0.4) is 0 Å². The van der Waals surface area contributed by atoms with Crippen LogP contribution in [0.2, 0.25) is 5.02 Å².